The van der Waals surface area contributed by atoms with Gasteiger partial charge in [-0.1, -0.05) is 42.5 Å². The van der Waals surface area contributed by atoms with E-state index in [2.05, 4.69) is 15.3 Å². The van der Waals surface area contributed by atoms with Crippen molar-refractivity contribution in [3.05, 3.63) is 80.9 Å². The van der Waals surface area contributed by atoms with Crippen LogP contribution < -0.4 is 16.4 Å². The molecule has 1 aliphatic rings. The number of rotatable bonds is 6. The molecule has 7 nitrogen and oxygen atoms in total. The molecule has 3 aromatic rings. The SMILES string of the molecule is O=C(Cn1[nH]c(=O)c2ccccc2c1=O)NC(CN1CCCC1)c1ccccc1. The first kappa shape index (κ1) is 19.1. The first-order valence-electron chi connectivity index (χ1n) is 9.90. The van der Waals surface area contributed by atoms with E-state index in [1.54, 1.807) is 24.3 Å². The van der Waals surface area contributed by atoms with Gasteiger partial charge in [-0.3, -0.25) is 19.5 Å². The molecule has 2 N–H and O–H groups in total. The first-order chi connectivity index (χ1) is 14.1. The summed E-state index contributed by atoms with van der Waals surface area (Å²) in [6, 6.07) is 16.3. The number of likely N-dealkylation sites (tertiary alicyclic amines) is 1. The van der Waals surface area contributed by atoms with Gasteiger partial charge in [-0.25, -0.2) is 4.68 Å². The van der Waals surface area contributed by atoms with E-state index >= 15 is 0 Å². The third-order valence-electron chi connectivity index (χ3n) is 5.36. The number of amides is 1. The first-order valence-corrected chi connectivity index (χ1v) is 9.90. The number of hydrogen-bond acceptors (Lipinski definition) is 4. The van der Waals surface area contributed by atoms with Crippen LogP contribution in [0.15, 0.2) is 64.2 Å². The Morgan fingerprint density at radius 2 is 1.62 bits per heavy atom. The fraction of sp³-hybridized carbons (Fsp3) is 0.318. The standard InChI is InChI=1S/C22H24N4O3/c27-20(15-26-22(29)18-11-5-4-10-17(18)21(28)24-26)23-19(14-25-12-6-7-13-25)16-8-2-1-3-9-16/h1-5,8-11,19H,6-7,12-15H2,(H,23,27)(H,24,28). The number of nitrogens with one attached hydrogen (secondary N) is 2. The Labute approximate surface area is 167 Å². The van der Waals surface area contributed by atoms with Gasteiger partial charge in [-0.05, 0) is 43.6 Å². The van der Waals surface area contributed by atoms with Crippen molar-refractivity contribution in [3.63, 3.8) is 0 Å². The monoisotopic (exact) mass is 392 g/mol. The molecule has 0 bridgehead atoms. The van der Waals surface area contributed by atoms with Crippen molar-refractivity contribution in [1.82, 2.24) is 20.0 Å². The molecule has 0 radical (unpaired) electrons. The topological polar surface area (TPSA) is 87.2 Å². The predicted molar refractivity (Wildman–Crippen MR) is 112 cm³/mol. The number of carbonyl (C=O) groups is 1. The quantitative estimate of drug-likeness (QED) is 0.668. The zero-order valence-electron chi connectivity index (χ0n) is 16.1. The van der Waals surface area contributed by atoms with Gasteiger partial charge in [0, 0.05) is 6.54 Å². The van der Waals surface area contributed by atoms with Crippen LogP contribution in [0.2, 0.25) is 0 Å². The molecule has 4 rings (SSSR count). The highest BCUT2D eigenvalue weighted by atomic mass is 16.2. The van der Waals surface area contributed by atoms with E-state index in [1.165, 1.54) is 12.8 Å². The lowest BCUT2D eigenvalue weighted by Gasteiger charge is -2.25. The Morgan fingerprint density at radius 3 is 2.34 bits per heavy atom. The molecule has 7 heteroatoms. The molecule has 2 aromatic carbocycles. The van der Waals surface area contributed by atoms with Crippen molar-refractivity contribution in [2.24, 2.45) is 0 Å². The molecule has 0 aliphatic carbocycles. The Kier molecular flexibility index (Phi) is 5.57. The minimum absolute atomic E-state index is 0.176. The van der Waals surface area contributed by atoms with Crippen molar-refractivity contribution in [1.29, 1.82) is 0 Å². The molecule has 1 unspecified atom stereocenters. The minimum atomic E-state index is -0.385. The normalized spacial score (nSPS) is 15.4. The van der Waals surface area contributed by atoms with Crippen molar-refractivity contribution < 1.29 is 4.79 Å². The van der Waals surface area contributed by atoms with E-state index in [9.17, 15) is 14.4 Å². The van der Waals surface area contributed by atoms with Gasteiger partial charge >= 0.3 is 0 Å². The van der Waals surface area contributed by atoms with Gasteiger partial charge in [0.1, 0.15) is 6.54 Å². The number of fused-ring (bicyclic) bond motifs is 1. The molecule has 1 amide bonds. The third-order valence-corrected chi connectivity index (χ3v) is 5.36. The third kappa shape index (κ3) is 4.30. The highest BCUT2D eigenvalue weighted by Crippen LogP contribution is 2.17. The zero-order valence-corrected chi connectivity index (χ0v) is 16.1. The minimum Gasteiger partial charge on any atom is -0.346 e. The summed E-state index contributed by atoms with van der Waals surface area (Å²) in [5.74, 6) is -0.314. The lowest BCUT2D eigenvalue weighted by molar-refractivity contribution is -0.122. The second kappa shape index (κ2) is 8.45. The molecule has 0 spiro atoms. The van der Waals surface area contributed by atoms with Crippen LogP contribution in [-0.2, 0) is 11.3 Å². The molecule has 29 heavy (non-hydrogen) atoms. The van der Waals surface area contributed by atoms with Crippen LogP contribution in [-0.4, -0.2) is 40.2 Å². The van der Waals surface area contributed by atoms with E-state index in [-0.39, 0.29) is 29.6 Å². The summed E-state index contributed by atoms with van der Waals surface area (Å²) in [5, 5.41) is 6.18. The van der Waals surface area contributed by atoms with Crippen LogP contribution in [0.3, 0.4) is 0 Å². The smallest absolute Gasteiger partial charge is 0.273 e. The summed E-state index contributed by atoms with van der Waals surface area (Å²) >= 11 is 0. The van der Waals surface area contributed by atoms with Crippen LogP contribution in [0.1, 0.15) is 24.4 Å². The van der Waals surface area contributed by atoms with Crippen molar-refractivity contribution in [3.8, 4) is 0 Å². The molecule has 1 aromatic heterocycles. The van der Waals surface area contributed by atoms with Crippen molar-refractivity contribution >= 4 is 16.7 Å². The van der Waals surface area contributed by atoms with Crippen LogP contribution in [0.5, 0.6) is 0 Å². The summed E-state index contributed by atoms with van der Waals surface area (Å²) in [6.07, 6.45) is 2.34. The summed E-state index contributed by atoms with van der Waals surface area (Å²) in [6.45, 7) is 2.54. The van der Waals surface area contributed by atoms with Crippen LogP contribution in [0, 0.1) is 0 Å². The number of carbonyl (C=O) groups excluding carboxylic acids is 1. The van der Waals surface area contributed by atoms with E-state index in [0.29, 0.717) is 10.8 Å². The van der Waals surface area contributed by atoms with Crippen LogP contribution in [0.25, 0.3) is 10.8 Å². The summed E-state index contributed by atoms with van der Waals surface area (Å²) in [7, 11) is 0. The molecule has 1 aliphatic heterocycles. The van der Waals surface area contributed by atoms with Gasteiger partial charge in [0.05, 0.1) is 16.8 Å². The molecule has 1 fully saturated rings. The fourth-order valence-corrected chi connectivity index (χ4v) is 3.88. The van der Waals surface area contributed by atoms with Gasteiger partial charge < -0.3 is 10.2 Å². The number of aromatic amines is 1. The average molecular weight is 392 g/mol. The maximum Gasteiger partial charge on any atom is 0.273 e. The highest BCUT2D eigenvalue weighted by Gasteiger charge is 2.21. The predicted octanol–water partition coefficient (Wildman–Crippen LogP) is 1.64. The Balaban J connectivity index is 1.55. The van der Waals surface area contributed by atoms with Gasteiger partial charge in [0.2, 0.25) is 5.91 Å². The highest BCUT2D eigenvalue weighted by molar-refractivity contribution is 5.81. The lowest BCUT2D eigenvalue weighted by Crippen LogP contribution is -2.41. The van der Waals surface area contributed by atoms with E-state index < -0.39 is 0 Å². The second-order valence-corrected chi connectivity index (χ2v) is 7.42. The Bertz CT molecular complexity index is 1110. The number of nitrogens with zero attached hydrogens (tertiary/aromatic N) is 2. The molecule has 150 valence electrons. The molecule has 0 saturated carbocycles. The van der Waals surface area contributed by atoms with Crippen molar-refractivity contribution in [2.45, 2.75) is 25.4 Å². The van der Waals surface area contributed by atoms with E-state index in [0.717, 1.165) is 29.9 Å². The Morgan fingerprint density at radius 1 is 0.966 bits per heavy atom. The Hall–Kier alpha value is -3.19. The zero-order chi connectivity index (χ0) is 20.2. The molecule has 1 atom stereocenters. The van der Waals surface area contributed by atoms with Crippen molar-refractivity contribution in [2.75, 3.05) is 19.6 Å². The van der Waals surface area contributed by atoms with Gasteiger partial charge in [-0.2, -0.15) is 0 Å². The van der Waals surface area contributed by atoms with E-state index in [1.807, 2.05) is 30.3 Å². The van der Waals surface area contributed by atoms with E-state index in [4.69, 9.17) is 0 Å². The van der Waals surface area contributed by atoms with Gasteiger partial charge in [0.15, 0.2) is 0 Å². The largest absolute Gasteiger partial charge is 0.346 e. The molecule has 2 heterocycles. The van der Waals surface area contributed by atoms with Gasteiger partial charge in [-0.15, -0.1) is 0 Å². The summed E-state index contributed by atoms with van der Waals surface area (Å²) in [5.41, 5.74) is 0.253. The summed E-state index contributed by atoms with van der Waals surface area (Å²) in [4.78, 5) is 40.0. The van der Waals surface area contributed by atoms with Crippen LogP contribution in [0.4, 0.5) is 0 Å². The maximum absolute atomic E-state index is 12.8. The fourth-order valence-electron chi connectivity index (χ4n) is 3.88. The molecule has 1 saturated heterocycles. The summed E-state index contributed by atoms with van der Waals surface area (Å²) < 4.78 is 1.08. The van der Waals surface area contributed by atoms with Crippen LogP contribution >= 0.6 is 0 Å². The maximum atomic E-state index is 12.8. The number of benzene rings is 2. The lowest BCUT2D eigenvalue weighted by atomic mass is 10.1. The molecular formula is C22H24N4O3. The number of H-pyrrole nitrogens is 1. The number of hydrogen-bond donors (Lipinski definition) is 2. The molecular weight excluding hydrogens is 368 g/mol. The average Bonchev–Trinajstić information content (AvgIpc) is 3.25. The second-order valence-electron chi connectivity index (χ2n) is 7.42. The number of aromatic nitrogens is 2. The van der Waals surface area contributed by atoms with Gasteiger partial charge in [0.25, 0.3) is 11.1 Å².